The third-order valence-corrected chi connectivity index (χ3v) is 5.26. The Morgan fingerprint density at radius 3 is 2.66 bits per heavy atom. The highest BCUT2D eigenvalue weighted by Crippen LogP contribution is 2.29. The smallest absolute Gasteiger partial charge is 0.344 e. The van der Waals surface area contributed by atoms with Crippen molar-refractivity contribution in [1.82, 2.24) is 9.38 Å². The number of rotatable bonds is 4. The lowest BCUT2D eigenvalue weighted by Gasteiger charge is -2.28. The minimum absolute atomic E-state index is 0.0607. The van der Waals surface area contributed by atoms with Gasteiger partial charge in [0, 0.05) is 18.8 Å². The summed E-state index contributed by atoms with van der Waals surface area (Å²) in [5.41, 5.74) is 0.366. The van der Waals surface area contributed by atoms with Crippen LogP contribution in [0.15, 0.2) is 65.6 Å². The third-order valence-electron chi connectivity index (χ3n) is 5.26. The number of nitro groups is 1. The van der Waals surface area contributed by atoms with Crippen molar-refractivity contribution in [2.45, 2.75) is 31.7 Å². The SMILES string of the molecule is O=c1c([N+](=O)[O-])c(N2CCCCCC2C=Cc2ccccc2)nc2ccccn12. The average molecular weight is 390 g/mol. The topological polar surface area (TPSA) is 80.8 Å². The van der Waals surface area contributed by atoms with Crippen LogP contribution in [-0.2, 0) is 0 Å². The first-order chi connectivity index (χ1) is 14.1. The monoisotopic (exact) mass is 390 g/mol. The Balaban J connectivity index is 1.82. The fraction of sp³-hybridized carbons (Fsp3) is 0.273. The summed E-state index contributed by atoms with van der Waals surface area (Å²) in [5, 5.41) is 11.8. The quantitative estimate of drug-likeness (QED) is 0.496. The number of pyridine rings is 1. The molecule has 3 heterocycles. The standard InChI is InChI=1S/C22H22N4O3/c27-22-20(26(28)29)21(23-19-12-6-8-16-25(19)22)24-15-7-2-5-11-18(24)14-13-17-9-3-1-4-10-17/h1,3-4,6,8-10,12-14,16,18H,2,5,7,11,15H2. The van der Waals surface area contributed by atoms with Gasteiger partial charge in [-0.15, -0.1) is 0 Å². The molecule has 1 saturated heterocycles. The lowest BCUT2D eigenvalue weighted by atomic mass is 10.1. The van der Waals surface area contributed by atoms with Crippen LogP contribution < -0.4 is 10.5 Å². The fourth-order valence-corrected chi connectivity index (χ4v) is 3.81. The second kappa shape index (κ2) is 8.26. The maximum Gasteiger partial charge on any atom is 0.376 e. The van der Waals surface area contributed by atoms with Crippen LogP contribution in [0.25, 0.3) is 11.7 Å². The predicted molar refractivity (Wildman–Crippen MR) is 113 cm³/mol. The summed E-state index contributed by atoms with van der Waals surface area (Å²) in [4.78, 5) is 30.5. The Labute approximate surface area is 168 Å². The molecule has 3 aromatic rings. The van der Waals surface area contributed by atoms with Crippen molar-refractivity contribution in [3.8, 4) is 0 Å². The average Bonchev–Trinajstić information content (AvgIpc) is 2.98. The lowest BCUT2D eigenvalue weighted by Crippen LogP contribution is -2.36. The van der Waals surface area contributed by atoms with Crippen LogP contribution in [0.4, 0.5) is 11.5 Å². The zero-order valence-corrected chi connectivity index (χ0v) is 16.0. The van der Waals surface area contributed by atoms with Gasteiger partial charge in [0.2, 0.25) is 5.82 Å². The molecule has 0 radical (unpaired) electrons. The van der Waals surface area contributed by atoms with E-state index in [9.17, 15) is 14.9 Å². The highest BCUT2D eigenvalue weighted by atomic mass is 16.6. The largest absolute Gasteiger partial charge is 0.376 e. The number of benzene rings is 1. The van der Waals surface area contributed by atoms with Crippen molar-refractivity contribution in [2.75, 3.05) is 11.4 Å². The van der Waals surface area contributed by atoms with Crippen LogP contribution in [0, 0.1) is 10.1 Å². The number of nitrogens with zero attached hydrogens (tertiary/aromatic N) is 4. The highest BCUT2D eigenvalue weighted by molar-refractivity contribution is 5.63. The van der Waals surface area contributed by atoms with E-state index in [0.29, 0.717) is 12.2 Å². The first kappa shape index (κ1) is 18.9. The molecule has 1 aliphatic rings. The van der Waals surface area contributed by atoms with E-state index in [0.717, 1.165) is 31.2 Å². The molecule has 148 valence electrons. The number of anilines is 1. The number of aromatic nitrogens is 2. The van der Waals surface area contributed by atoms with Crippen molar-refractivity contribution in [3.05, 3.63) is 86.8 Å². The molecule has 0 aliphatic carbocycles. The van der Waals surface area contributed by atoms with Gasteiger partial charge in [0.05, 0.1) is 4.92 Å². The molecular formula is C22H22N4O3. The van der Waals surface area contributed by atoms with Crippen molar-refractivity contribution in [3.63, 3.8) is 0 Å². The van der Waals surface area contributed by atoms with Gasteiger partial charge in [0.25, 0.3) is 0 Å². The second-order valence-corrected chi connectivity index (χ2v) is 7.15. The minimum Gasteiger partial charge on any atom is -0.344 e. The van der Waals surface area contributed by atoms with E-state index in [1.54, 1.807) is 18.2 Å². The Morgan fingerprint density at radius 1 is 1.07 bits per heavy atom. The van der Waals surface area contributed by atoms with Gasteiger partial charge in [0.15, 0.2) is 0 Å². The molecule has 2 aromatic heterocycles. The molecule has 7 heteroatoms. The molecule has 0 bridgehead atoms. The van der Waals surface area contributed by atoms with E-state index in [-0.39, 0.29) is 11.9 Å². The van der Waals surface area contributed by atoms with Crippen LogP contribution in [-0.4, -0.2) is 26.9 Å². The van der Waals surface area contributed by atoms with E-state index < -0.39 is 16.2 Å². The summed E-state index contributed by atoms with van der Waals surface area (Å²) in [6.45, 7) is 0.625. The third kappa shape index (κ3) is 3.89. The summed E-state index contributed by atoms with van der Waals surface area (Å²) in [6, 6.07) is 15.0. The van der Waals surface area contributed by atoms with Gasteiger partial charge in [-0.2, -0.15) is 0 Å². The first-order valence-corrected chi connectivity index (χ1v) is 9.81. The van der Waals surface area contributed by atoms with Gasteiger partial charge in [-0.25, -0.2) is 4.98 Å². The van der Waals surface area contributed by atoms with E-state index >= 15 is 0 Å². The summed E-state index contributed by atoms with van der Waals surface area (Å²) in [7, 11) is 0. The Hall–Kier alpha value is -3.48. The van der Waals surface area contributed by atoms with Gasteiger partial charge in [-0.05, 0) is 30.5 Å². The van der Waals surface area contributed by atoms with Crippen LogP contribution in [0.2, 0.25) is 0 Å². The molecule has 0 spiro atoms. The molecule has 0 N–H and O–H groups in total. The molecule has 1 aromatic carbocycles. The molecule has 1 atom stereocenters. The van der Waals surface area contributed by atoms with Crippen molar-refractivity contribution in [1.29, 1.82) is 0 Å². The van der Waals surface area contributed by atoms with Crippen LogP contribution in [0.5, 0.6) is 0 Å². The van der Waals surface area contributed by atoms with E-state index in [1.807, 2.05) is 41.3 Å². The molecule has 0 amide bonds. The van der Waals surface area contributed by atoms with Gasteiger partial charge in [-0.3, -0.25) is 19.3 Å². The molecule has 1 fully saturated rings. The molecule has 7 nitrogen and oxygen atoms in total. The van der Waals surface area contributed by atoms with Gasteiger partial charge in [0.1, 0.15) is 5.65 Å². The van der Waals surface area contributed by atoms with Gasteiger partial charge < -0.3 is 4.90 Å². The number of hydrogen-bond acceptors (Lipinski definition) is 5. The van der Waals surface area contributed by atoms with Crippen LogP contribution in [0.1, 0.15) is 31.2 Å². The number of fused-ring (bicyclic) bond motifs is 1. The normalized spacial score (nSPS) is 17.5. The summed E-state index contributed by atoms with van der Waals surface area (Å²) >= 11 is 0. The van der Waals surface area contributed by atoms with Gasteiger partial charge in [-0.1, -0.05) is 61.4 Å². The maximum atomic E-state index is 12.8. The molecule has 4 rings (SSSR count). The molecular weight excluding hydrogens is 368 g/mol. The van der Waals surface area contributed by atoms with Gasteiger partial charge >= 0.3 is 11.2 Å². The molecule has 0 saturated carbocycles. The maximum absolute atomic E-state index is 12.8. The van der Waals surface area contributed by atoms with Crippen molar-refractivity contribution in [2.24, 2.45) is 0 Å². The van der Waals surface area contributed by atoms with Crippen LogP contribution >= 0.6 is 0 Å². The van der Waals surface area contributed by atoms with E-state index in [4.69, 9.17) is 0 Å². The second-order valence-electron chi connectivity index (χ2n) is 7.15. The number of hydrogen-bond donors (Lipinski definition) is 0. The molecule has 1 aliphatic heterocycles. The van der Waals surface area contributed by atoms with Crippen molar-refractivity contribution < 1.29 is 4.92 Å². The lowest BCUT2D eigenvalue weighted by molar-refractivity contribution is -0.385. The zero-order valence-electron chi connectivity index (χ0n) is 16.0. The van der Waals surface area contributed by atoms with E-state index in [2.05, 4.69) is 11.1 Å². The Bertz CT molecular complexity index is 1110. The minimum atomic E-state index is -0.648. The van der Waals surface area contributed by atoms with Crippen LogP contribution in [0.3, 0.4) is 0 Å². The Morgan fingerprint density at radius 2 is 1.86 bits per heavy atom. The fourth-order valence-electron chi connectivity index (χ4n) is 3.81. The molecule has 1 unspecified atom stereocenters. The molecule has 29 heavy (non-hydrogen) atoms. The van der Waals surface area contributed by atoms with E-state index in [1.165, 1.54) is 10.6 Å². The first-order valence-electron chi connectivity index (χ1n) is 9.81. The summed E-state index contributed by atoms with van der Waals surface area (Å²) in [5.74, 6) is 0.163. The summed E-state index contributed by atoms with van der Waals surface area (Å²) < 4.78 is 1.23. The zero-order chi connectivity index (χ0) is 20.2. The predicted octanol–water partition coefficient (Wildman–Crippen LogP) is 4.07. The Kier molecular flexibility index (Phi) is 5.37. The van der Waals surface area contributed by atoms with Crippen molar-refractivity contribution >= 4 is 23.2 Å². The summed E-state index contributed by atoms with van der Waals surface area (Å²) in [6.07, 6.45) is 9.45. The highest BCUT2D eigenvalue weighted by Gasteiger charge is 2.31.